The van der Waals surface area contributed by atoms with Gasteiger partial charge in [0.25, 0.3) is 11.2 Å². The van der Waals surface area contributed by atoms with Gasteiger partial charge in [0.05, 0.1) is 16.4 Å². The van der Waals surface area contributed by atoms with Crippen LogP contribution in [0, 0.1) is 16.0 Å². The van der Waals surface area contributed by atoms with Gasteiger partial charge in [0.1, 0.15) is 5.82 Å². The van der Waals surface area contributed by atoms with Crippen LogP contribution >= 0.6 is 0 Å². The van der Waals surface area contributed by atoms with E-state index in [0.717, 1.165) is 0 Å². The van der Waals surface area contributed by atoms with Crippen LogP contribution in [-0.2, 0) is 14.4 Å². The Hall–Kier alpha value is -4.29. The number of aromatic amines is 1. The molecule has 1 aromatic carbocycles. The number of nitrogens with one attached hydrogen (secondary N) is 3. The topological polar surface area (TPSA) is 193 Å². The van der Waals surface area contributed by atoms with Crippen LogP contribution in [0.2, 0.25) is 0 Å². The molecule has 172 valence electrons. The SMILES string of the molecule is NC(=O)C1CCN(c2nc3c(c(=O)[nH]2)[C@@H](C(=O)Nc2ccc([N+](=O)[O-])cc2)CC(=O)N3)CC1. The van der Waals surface area contributed by atoms with E-state index < -0.39 is 28.2 Å². The summed E-state index contributed by atoms with van der Waals surface area (Å²) in [5, 5.41) is 15.9. The molecular weight excluding hydrogens is 434 g/mol. The third-order valence-electron chi connectivity index (χ3n) is 5.80. The number of piperidine rings is 1. The van der Waals surface area contributed by atoms with Gasteiger partial charge in [-0.25, -0.2) is 0 Å². The number of nitrogens with two attached hydrogens (primary N) is 1. The minimum atomic E-state index is -1.09. The number of amides is 3. The largest absolute Gasteiger partial charge is 0.369 e. The number of carbonyl (C=O) groups excluding carboxylic acids is 3. The predicted octanol–water partition coefficient (Wildman–Crippen LogP) is 0.444. The summed E-state index contributed by atoms with van der Waals surface area (Å²) >= 11 is 0. The van der Waals surface area contributed by atoms with Gasteiger partial charge in [0.2, 0.25) is 23.7 Å². The van der Waals surface area contributed by atoms with E-state index in [1.807, 2.05) is 0 Å². The highest BCUT2D eigenvalue weighted by atomic mass is 16.6. The minimum Gasteiger partial charge on any atom is -0.369 e. The second kappa shape index (κ2) is 8.68. The molecule has 0 radical (unpaired) electrons. The zero-order valence-electron chi connectivity index (χ0n) is 17.4. The van der Waals surface area contributed by atoms with Crippen molar-refractivity contribution in [2.45, 2.75) is 25.2 Å². The lowest BCUT2D eigenvalue weighted by atomic mass is 9.92. The van der Waals surface area contributed by atoms with Crippen molar-refractivity contribution >= 4 is 40.9 Å². The van der Waals surface area contributed by atoms with Crippen LogP contribution < -0.4 is 26.8 Å². The van der Waals surface area contributed by atoms with E-state index in [0.29, 0.717) is 25.9 Å². The van der Waals surface area contributed by atoms with Crippen molar-refractivity contribution < 1.29 is 19.3 Å². The number of carbonyl (C=O) groups is 3. The average molecular weight is 455 g/mol. The molecule has 5 N–H and O–H groups in total. The van der Waals surface area contributed by atoms with Gasteiger partial charge < -0.3 is 21.3 Å². The number of nitro benzene ring substituents is 1. The molecule has 1 atom stereocenters. The maximum absolute atomic E-state index is 12.9. The fourth-order valence-corrected chi connectivity index (χ4v) is 4.00. The molecule has 1 aromatic heterocycles. The molecule has 3 heterocycles. The number of fused-ring (bicyclic) bond motifs is 1. The molecule has 13 heteroatoms. The van der Waals surface area contributed by atoms with E-state index in [4.69, 9.17) is 5.73 Å². The molecule has 2 aromatic rings. The van der Waals surface area contributed by atoms with Crippen LogP contribution in [0.4, 0.5) is 23.1 Å². The van der Waals surface area contributed by atoms with Crippen molar-refractivity contribution in [1.82, 2.24) is 9.97 Å². The fraction of sp³-hybridized carbons (Fsp3) is 0.350. The van der Waals surface area contributed by atoms with E-state index >= 15 is 0 Å². The number of H-pyrrole nitrogens is 1. The van der Waals surface area contributed by atoms with Crippen molar-refractivity contribution in [2.75, 3.05) is 28.6 Å². The summed E-state index contributed by atoms with van der Waals surface area (Å²) in [4.78, 5) is 68.4. The van der Waals surface area contributed by atoms with Crippen molar-refractivity contribution in [3.05, 3.63) is 50.3 Å². The summed E-state index contributed by atoms with van der Waals surface area (Å²) < 4.78 is 0. The van der Waals surface area contributed by atoms with Crippen LogP contribution in [0.25, 0.3) is 0 Å². The van der Waals surface area contributed by atoms with Gasteiger partial charge in [-0.05, 0) is 25.0 Å². The Kier molecular flexibility index (Phi) is 5.77. The van der Waals surface area contributed by atoms with Crippen LogP contribution in [0.3, 0.4) is 0 Å². The summed E-state index contributed by atoms with van der Waals surface area (Å²) in [5.74, 6) is -2.53. The molecule has 1 fully saturated rings. The van der Waals surface area contributed by atoms with Crippen LogP contribution in [-0.4, -0.2) is 45.7 Å². The van der Waals surface area contributed by atoms with Crippen molar-refractivity contribution in [3.63, 3.8) is 0 Å². The first kappa shape index (κ1) is 21.9. The lowest BCUT2D eigenvalue weighted by molar-refractivity contribution is -0.384. The van der Waals surface area contributed by atoms with Crippen molar-refractivity contribution in [3.8, 4) is 0 Å². The van der Waals surface area contributed by atoms with Gasteiger partial charge >= 0.3 is 0 Å². The molecule has 0 aliphatic carbocycles. The highest BCUT2D eigenvalue weighted by Crippen LogP contribution is 2.31. The van der Waals surface area contributed by atoms with Crippen LogP contribution in [0.1, 0.15) is 30.7 Å². The monoisotopic (exact) mass is 455 g/mol. The Morgan fingerprint density at radius 2 is 1.85 bits per heavy atom. The zero-order chi connectivity index (χ0) is 23.7. The molecule has 0 saturated carbocycles. The van der Waals surface area contributed by atoms with Gasteiger partial charge in [-0.15, -0.1) is 0 Å². The summed E-state index contributed by atoms with van der Waals surface area (Å²) in [5.41, 5.74) is 4.98. The Balaban J connectivity index is 1.56. The van der Waals surface area contributed by atoms with Gasteiger partial charge in [-0.3, -0.25) is 34.3 Å². The predicted molar refractivity (Wildman–Crippen MR) is 117 cm³/mol. The van der Waals surface area contributed by atoms with E-state index in [2.05, 4.69) is 20.6 Å². The molecule has 0 bridgehead atoms. The van der Waals surface area contributed by atoms with Gasteiger partial charge in [-0.2, -0.15) is 4.98 Å². The molecule has 2 aliphatic heterocycles. The summed E-state index contributed by atoms with van der Waals surface area (Å²) in [6.07, 6.45) is 0.783. The summed E-state index contributed by atoms with van der Waals surface area (Å²) in [7, 11) is 0. The number of hydrogen-bond acceptors (Lipinski definition) is 8. The van der Waals surface area contributed by atoms with Gasteiger partial charge in [0, 0.05) is 43.2 Å². The molecule has 1 saturated heterocycles. The third kappa shape index (κ3) is 4.51. The molecule has 3 amide bonds. The Bertz CT molecular complexity index is 1180. The summed E-state index contributed by atoms with van der Waals surface area (Å²) in [6.45, 7) is 0.903. The molecular formula is C20H21N7O6. The molecule has 0 unspecified atom stereocenters. The normalized spacial score (nSPS) is 18.2. The van der Waals surface area contributed by atoms with Crippen LogP contribution in [0.15, 0.2) is 29.1 Å². The van der Waals surface area contributed by atoms with E-state index in [-0.39, 0.29) is 47.0 Å². The average Bonchev–Trinajstić information content (AvgIpc) is 2.78. The molecule has 13 nitrogen and oxygen atoms in total. The first-order valence-electron chi connectivity index (χ1n) is 10.3. The Morgan fingerprint density at radius 3 is 2.45 bits per heavy atom. The van der Waals surface area contributed by atoms with E-state index in [1.54, 1.807) is 4.90 Å². The molecule has 0 spiro atoms. The number of non-ortho nitro benzene ring substituents is 1. The van der Waals surface area contributed by atoms with Gasteiger partial charge in [0.15, 0.2) is 0 Å². The zero-order valence-corrected chi connectivity index (χ0v) is 17.4. The minimum absolute atomic E-state index is 0.00544. The van der Waals surface area contributed by atoms with E-state index in [9.17, 15) is 29.3 Å². The second-order valence-corrected chi connectivity index (χ2v) is 7.91. The highest BCUT2D eigenvalue weighted by Gasteiger charge is 2.35. The van der Waals surface area contributed by atoms with Crippen molar-refractivity contribution in [1.29, 1.82) is 0 Å². The number of rotatable bonds is 5. The quantitative estimate of drug-likeness (QED) is 0.368. The maximum Gasteiger partial charge on any atom is 0.269 e. The lowest BCUT2D eigenvalue weighted by Crippen LogP contribution is -2.41. The molecule has 33 heavy (non-hydrogen) atoms. The number of hydrogen-bond donors (Lipinski definition) is 4. The highest BCUT2D eigenvalue weighted by molar-refractivity contribution is 6.04. The third-order valence-corrected chi connectivity index (χ3v) is 5.80. The second-order valence-electron chi connectivity index (χ2n) is 7.91. The molecule has 4 rings (SSSR count). The smallest absolute Gasteiger partial charge is 0.269 e. The number of aromatic nitrogens is 2. The number of benzene rings is 1. The fourth-order valence-electron chi connectivity index (χ4n) is 4.00. The Morgan fingerprint density at radius 1 is 1.18 bits per heavy atom. The standard InChI is InChI=1S/C20H21N7O6/c21-16(29)10-5-7-26(8-6-10)20-24-17-15(19(31)25-20)13(9-14(28)23-17)18(30)22-11-1-3-12(4-2-11)27(32)33/h1-4,10,13H,5-9H2,(H2,21,29)(H,22,30)(H2,23,24,25,28,31)/t13-/m0/s1. The maximum atomic E-state index is 12.9. The number of nitro groups is 1. The first-order chi connectivity index (χ1) is 15.7. The summed E-state index contributed by atoms with van der Waals surface area (Å²) in [6, 6.07) is 5.20. The number of primary amides is 1. The van der Waals surface area contributed by atoms with Crippen LogP contribution in [0.5, 0.6) is 0 Å². The van der Waals surface area contributed by atoms with Crippen molar-refractivity contribution in [2.24, 2.45) is 11.7 Å². The number of nitrogens with zero attached hydrogens (tertiary/aromatic N) is 3. The Labute approximate surface area is 186 Å². The van der Waals surface area contributed by atoms with Gasteiger partial charge in [-0.1, -0.05) is 0 Å². The van der Waals surface area contributed by atoms with E-state index in [1.165, 1.54) is 24.3 Å². The number of anilines is 3. The molecule has 2 aliphatic rings. The lowest BCUT2D eigenvalue weighted by Gasteiger charge is -2.32. The first-order valence-corrected chi connectivity index (χ1v) is 10.3.